The minimum atomic E-state index is 0.808. The molecule has 1 aliphatic rings. The molecule has 0 saturated heterocycles. The zero-order valence-electron chi connectivity index (χ0n) is 98.2. The van der Waals surface area contributed by atoms with E-state index < -0.39 is 0 Å². The van der Waals surface area contributed by atoms with Crippen molar-refractivity contribution < 1.29 is 27.5 Å². The topological polar surface area (TPSA) is 43.8 Å². The van der Waals surface area contributed by atoms with E-state index in [0.717, 1.165) is 142 Å². The Kier molecular flexibility index (Phi) is 109. The zero-order valence-corrected chi connectivity index (χ0v) is 99.2. The molecule has 2 aromatic rings. The molecule has 0 unspecified atom stereocenters. The van der Waals surface area contributed by atoms with E-state index in [9.17, 15) is 5.53 Å². The molecule has 836 valence electrons. The van der Waals surface area contributed by atoms with Gasteiger partial charge in [0.2, 0.25) is 11.4 Å². The summed E-state index contributed by atoms with van der Waals surface area (Å²) < 4.78 is 12.0. The van der Waals surface area contributed by atoms with E-state index in [-0.39, 0.29) is 0 Å². The second-order valence-corrected chi connectivity index (χ2v) is 45.9. The Morgan fingerprint density at radius 2 is 0.431 bits per heavy atom. The molecular weight excluding hydrogens is 1790 g/mol. The number of hydrogen-bond acceptors (Lipinski definition) is 2. The molecule has 3 rings (SSSR count). The fourth-order valence-electron chi connectivity index (χ4n) is 21.7. The van der Waals surface area contributed by atoms with Crippen molar-refractivity contribution in [2.75, 3.05) is 13.2 Å². The molecule has 0 radical (unpaired) electrons. The van der Waals surface area contributed by atoms with Crippen LogP contribution < -0.4 is 0 Å². The number of aryl methyl sites for hydroxylation is 2. The molecular formula is C139H248N2NiO2. The van der Waals surface area contributed by atoms with Gasteiger partial charge in [0.25, 0.3) is 0 Å². The van der Waals surface area contributed by atoms with E-state index in [1.165, 1.54) is 617 Å². The third-order valence-corrected chi connectivity index (χ3v) is 32.0. The Hall–Kier alpha value is -3.47. The molecule has 0 spiro atoms. The van der Waals surface area contributed by atoms with Crippen molar-refractivity contribution in [2.45, 2.75) is 729 Å². The van der Waals surface area contributed by atoms with Gasteiger partial charge in [0.1, 0.15) is 0 Å². The van der Waals surface area contributed by atoms with Gasteiger partial charge in [-0.1, -0.05) is 597 Å². The molecule has 4 nitrogen and oxygen atoms in total. The normalized spacial score (nSPS) is 12.2. The average Bonchev–Trinajstić information content (AvgIpc) is 1.61. The van der Waals surface area contributed by atoms with Gasteiger partial charge < -0.3 is 5.53 Å². The van der Waals surface area contributed by atoms with Crippen molar-refractivity contribution in [1.82, 2.24) is 0 Å². The van der Waals surface area contributed by atoms with Crippen molar-refractivity contribution >= 4 is 11.4 Å². The van der Waals surface area contributed by atoms with Crippen LogP contribution in [-0.4, -0.2) is 17.9 Å². The van der Waals surface area contributed by atoms with Crippen LogP contribution in [0.1, 0.15) is 737 Å². The summed E-state index contributed by atoms with van der Waals surface area (Å²) in [5.41, 5.74) is 25.1. The van der Waals surface area contributed by atoms with E-state index in [2.05, 4.69) is 139 Å². The van der Waals surface area contributed by atoms with Gasteiger partial charge in [-0.2, -0.15) is 0 Å². The molecule has 0 N–H and O–H groups in total. The first-order valence-electron chi connectivity index (χ1n) is 65.7. The third kappa shape index (κ3) is 89.1. The van der Waals surface area contributed by atoms with Crippen LogP contribution in [0.3, 0.4) is 0 Å². The molecule has 0 saturated carbocycles. The summed E-state index contributed by atoms with van der Waals surface area (Å²) in [5, 5.41) is 0. The predicted molar refractivity (Wildman–Crippen MR) is 643 cm³/mol. The second-order valence-electron chi connectivity index (χ2n) is 45.2. The number of nitrogens with zero attached hydrogens (tertiary/aromatic N) is 2. The molecule has 0 atom stereocenters. The van der Waals surface area contributed by atoms with E-state index >= 15 is 0 Å². The van der Waals surface area contributed by atoms with Gasteiger partial charge in [-0.05, 0) is 150 Å². The number of benzene rings is 2. The molecule has 1 heterocycles. The van der Waals surface area contributed by atoms with Crippen LogP contribution in [0, 0.1) is 23.7 Å². The summed E-state index contributed by atoms with van der Waals surface area (Å²) in [6.45, 7) is 17.5. The maximum atomic E-state index is 13.5. The van der Waals surface area contributed by atoms with E-state index in [4.69, 9.17) is 7.76 Å². The predicted octanol–water partition coefficient (Wildman–Crippen LogP) is 48.6. The van der Waals surface area contributed by atoms with E-state index in [0.29, 0.717) is 0 Å². The summed E-state index contributed by atoms with van der Waals surface area (Å²) in [5.74, 6) is 14.8. The SMILES string of the molecule is CCCCCCCCCCCCCCCCCCCC#CCCc1cccc(C2=CC(CCCCCCCCCCCCCCCCCCC)=C(c3cccc(CCC#CCCCCCCCCCCCCCCCCCCC)c3CCCCC=CCCCCCCCCCCCCCCCCCCC)[N+]2=[N-])c1CCCCC=CCCCCCCCCCCCCCCCCCCC.CCCC[O][Ni][O]CCCC. The Morgan fingerprint density at radius 1 is 0.222 bits per heavy atom. The van der Waals surface area contributed by atoms with Gasteiger partial charge in [-0.3, -0.25) is 0 Å². The van der Waals surface area contributed by atoms with Crippen LogP contribution in [0.5, 0.6) is 0 Å². The first-order chi connectivity index (χ1) is 71.5. The van der Waals surface area contributed by atoms with Crippen molar-refractivity contribution in [1.29, 1.82) is 0 Å². The summed E-state index contributed by atoms with van der Waals surface area (Å²) in [6, 6.07) is 14.3. The van der Waals surface area contributed by atoms with Crippen molar-refractivity contribution in [3.63, 3.8) is 0 Å². The Morgan fingerprint density at radius 3 is 0.694 bits per heavy atom. The van der Waals surface area contributed by atoms with Gasteiger partial charge in [0.15, 0.2) is 0 Å². The van der Waals surface area contributed by atoms with Crippen LogP contribution in [0.15, 0.2) is 72.4 Å². The summed E-state index contributed by atoms with van der Waals surface area (Å²) in [4.78, 5) is 0. The van der Waals surface area contributed by atoms with Gasteiger partial charge in [-0.25, -0.2) is 4.70 Å². The van der Waals surface area contributed by atoms with Crippen molar-refractivity contribution in [3.8, 4) is 23.7 Å². The molecule has 144 heavy (non-hydrogen) atoms. The standard InChI is InChI=1S/C131H230N2.2C4H9O.Ni/c1-6-11-16-21-26-31-36-41-46-51-55-59-61-65-69-74-79-84-89-94-99-104-109-118-126-123(113-106-101-96-91-86-81-76-72-67-63-57-53-48-43-38-33-28-23-18-13-8-3)116-111-120-128(126)130-122-125(115-108-103-98-93-88-83-78-71-50-45-40-35-30-25-20-15-10-5)131(133(130)132)129-121-112-117-124(114-107-102-97-92-87-82-77-73-68-64-58-54-49-44-39-34-29-24-19-14-9-4)127(129)119-110-105-100-95-90-85-80-75-70-66-62-60-56-52-47-42-37-32-27-22-17-12-7-2;2*1-2-3-4-5;/h89-90,94-95,111-112,116-117,120-122H,6-88,91-93,98-100,103-110,113-115,118-119H2,1-5H3;2*2-4H2,1H3;/q;2*-1;+2. The van der Waals surface area contributed by atoms with Gasteiger partial charge >= 0.3 is 75.6 Å². The summed E-state index contributed by atoms with van der Waals surface area (Å²) >= 11 is 0.968. The number of unbranched alkanes of at least 4 members (excludes halogenated alkanes) is 90. The fraction of sp³-hybridized carbons (Fsp3) is 0.827. The van der Waals surface area contributed by atoms with E-state index in [1.807, 2.05) is 0 Å². The van der Waals surface area contributed by atoms with Crippen LogP contribution in [0.4, 0.5) is 0 Å². The zero-order chi connectivity index (χ0) is 103. The van der Waals surface area contributed by atoms with Gasteiger partial charge in [0, 0.05) is 48.5 Å². The maximum absolute atomic E-state index is 13.5. The van der Waals surface area contributed by atoms with Gasteiger partial charge in [0.05, 0.1) is 0 Å². The van der Waals surface area contributed by atoms with Crippen LogP contribution in [0.25, 0.3) is 16.9 Å². The van der Waals surface area contributed by atoms with Crippen molar-refractivity contribution in [2.24, 2.45) is 0 Å². The third-order valence-electron chi connectivity index (χ3n) is 31.4. The van der Waals surface area contributed by atoms with Gasteiger partial charge in [-0.15, -0.1) is 23.7 Å². The monoisotopic (exact) mass is 2040 g/mol. The molecule has 5 heteroatoms. The number of allylic oxidation sites excluding steroid dienone is 6. The summed E-state index contributed by atoms with van der Waals surface area (Å²) in [7, 11) is 0. The average molecular weight is 2040 g/mol. The number of hydrogen-bond donors (Lipinski definition) is 0. The minimum absolute atomic E-state index is 0.808. The van der Waals surface area contributed by atoms with Crippen LogP contribution in [0.2, 0.25) is 0 Å². The first kappa shape index (κ1) is 137. The Balaban J connectivity index is 0.00000597. The first-order valence-corrected chi connectivity index (χ1v) is 66.5. The molecule has 0 fully saturated rings. The molecule has 0 amide bonds. The fourth-order valence-corrected chi connectivity index (χ4v) is 22.2. The second kappa shape index (κ2) is 115. The molecule has 2 aromatic carbocycles. The Bertz CT molecular complexity index is 3240. The molecule has 1 aliphatic heterocycles. The van der Waals surface area contributed by atoms with Crippen LogP contribution >= 0.6 is 0 Å². The quantitative estimate of drug-likeness (QED) is 0.0218. The molecule has 0 aromatic heterocycles. The molecule has 0 bridgehead atoms. The van der Waals surface area contributed by atoms with E-state index in [1.54, 1.807) is 4.70 Å². The summed E-state index contributed by atoms with van der Waals surface area (Å²) in [6.07, 6.45) is 155. The number of rotatable bonds is 112. The Labute approximate surface area is 909 Å². The van der Waals surface area contributed by atoms with Crippen molar-refractivity contribution in [3.05, 3.63) is 111 Å². The van der Waals surface area contributed by atoms with Crippen LogP contribution in [-0.2, 0) is 48.5 Å². The molecule has 0 aliphatic carbocycles.